The lowest BCUT2D eigenvalue weighted by molar-refractivity contribution is -0.0174. The summed E-state index contributed by atoms with van der Waals surface area (Å²) in [4.78, 5) is 60.5. The Labute approximate surface area is 683 Å². The van der Waals surface area contributed by atoms with Crippen molar-refractivity contribution in [3.8, 4) is 28.7 Å². The predicted molar refractivity (Wildman–Crippen MR) is 452 cm³/mol. The van der Waals surface area contributed by atoms with E-state index in [0.29, 0.717) is 156 Å². The minimum absolute atomic E-state index is 0. The zero-order valence-electron chi connectivity index (χ0n) is 61.8. The summed E-state index contributed by atoms with van der Waals surface area (Å²) in [5, 5.41) is 88.3. The minimum Gasteiger partial charge on any atom is -0.491 e. The molecule has 5 aromatic rings. The Morgan fingerprint density at radius 3 is 0.491 bits per heavy atom. The zero-order chi connectivity index (χ0) is 77.9. The Morgan fingerprint density at radius 1 is 0.219 bits per heavy atom. The van der Waals surface area contributed by atoms with Gasteiger partial charge in [0.25, 0.3) is 0 Å². The molecule has 0 radical (unpaired) electrons. The largest absolute Gasteiger partial charge is 0.491 e. The molecule has 0 aromatic heterocycles. The van der Waals surface area contributed by atoms with Gasteiger partial charge in [-0.3, -0.25) is 24.0 Å². The van der Waals surface area contributed by atoms with Gasteiger partial charge in [0.05, 0.1) is 139 Å². The second-order valence-electron chi connectivity index (χ2n) is 24.6. The number of hydrogen-bond acceptors (Lipinski definition) is 28. The van der Waals surface area contributed by atoms with Gasteiger partial charge < -0.3 is 113 Å². The number of rotatable bonds is 49. The first-order chi connectivity index (χ1) is 49.4. The SMILES string of the molecule is C.C.C.C.C.C.C.C.C.C.CC(C)(O)C(=O)c1ccc(OCCOCCO)cc1.CC(C)(O)C(=O)c1ccc(OCCOCCO)cc1.CC(C)(OCCO)C(=O)c1ccc(OCCOCCO)cc1.CC(C)(OCCO)C(=O)c1ccc(OCCOCCO)cc1.CC(C)(OCCO)C(=O)c1ccc(OCCOCCO)cc1. The fourth-order valence-electron chi connectivity index (χ4n) is 8.29. The van der Waals surface area contributed by atoms with Gasteiger partial charge in [-0.1, -0.05) is 74.3 Å². The molecule has 0 bridgehead atoms. The quantitative estimate of drug-likeness (QED) is 0.0128. The van der Waals surface area contributed by atoms with Crippen LogP contribution in [0.2, 0.25) is 0 Å². The lowest BCUT2D eigenvalue weighted by Crippen LogP contribution is -2.36. The number of ether oxygens (including phenoxy) is 13. The molecule has 0 unspecified atom stereocenters. The van der Waals surface area contributed by atoms with E-state index in [2.05, 4.69) is 0 Å². The van der Waals surface area contributed by atoms with Gasteiger partial charge in [0.1, 0.15) is 89.8 Å². The third kappa shape index (κ3) is 55.3. The second kappa shape index (κ2) is 72.2. The monoisotopic (exact) mass is 1630 g/mol. The highest BCUT2D eigenvalue weighted by atomic mass is 16.6. The third-order valence-electron chi connectivity index (χ3n) is 13.7. The lowest BCUT2D eigenvalue weighted by Gasteiger charge is -2.23. The molecule has 0 saturated carbocycles. The number of carbonyl (C=O) groups excluding carboxylic acids is 5. The highest BCUT2D eigenvalue weighted by Crippen LogP contribution is 2.24. The average Bonchev–Trinajstić information content (AvgIpc) is 0.912. The van der Waals surface area contributed by atoms with E-state index >= 15 is 0 Å². The molecule has 0 aliphatic rings. The first-order valence-electron chi connectivity index (χ1n) is 33.9. The summed E-state index contributed by atoms with van der Waals surface area (Å²) >= 11 is 0. The molecule has 114 heavy (non-hydrogen) atoms. The van der Waals surface area contributed by atoms with Crippen LogP contribution in [0.1, 0.15) is 195 Å². The first kappa shape index (κ1) is 128. The van der Waals surface area contributed by atoms with Crippen LogP contribution in [0.3, 0.4) is 0 Å². The number of benzene rings is 5. The Balaban J connectivity index is -0.000000145. The topological polar surface area (TPSA) is 408 Å². The molecule has 0 spiro atoms. The Morgan fingerprint density at radius 2 is 0.360 bits per heavy atom. The van der Waals surface area contributed by atoms with Crippen LogP contribution in [0.15, 0.2) is 121 Å². The molecule has 0 fully saturated rings. The molecule has 0 heterocycles. The van der Waals surface area contributed by atoms with Crippen molar-refractivity contribution in [1.29, 1.82) is 0 Å². The standard InChI is InChI=1S/3C16H24O6.2C14H20O5.10CH4/c3*1-16(2,22-10-8-18)15(19)13-3-5-14(6-4-13)21-12-11-20-9-7-17;2*1-14(2,17)13(16)11-3-5-12(6-4-11)19-10-9-18-8-7-15;;;;;;;;;;/h3*3-6,17-18H,7-12H2,1-2H3;2*3-6,15,17H,7-10H2,1-2H3;10*1H4. The average molecular weight is 1630 g/mol. The van der Waals surface area contributed by atoms with Crippen LogP contribution in [0.4, 0.5) is 0 Å². The van der Waals surface area contributed by atoms with Crippen molar-refractivity contribution in [3.05, 3.63) is 149 Å². The maximum absolute atomic E-state index is 12.3. The first-order valence-corrected chi connectivity index (χ1v) is 33.9. The van der Waals surface area contributed by atoms with E-state index in [0.717, 1.165) is 0 Å². The molecule has 0 aliphatic heterocycles. The molecule has 10 N–H and O–H groups in total. The van der Waals surface area contributed by atoms with Gasteiger partial charge in [-0.25, -0.2) is 0 Å². The van der Waals surface area contributed by atoms with Gasteiger partial charge in [0.2, 0.25) is 0 Å². The zero-order valence-corrected chi connectivity index (χ0v) is 61.8. The molecule has 28 nitrogen and oxygen atoms in total. The fourth-order valence-corrected chi connectivity index (χ4v) is 8.29. The molecule has 0 amide bonds. The number of carbonyl (C=O) groups is 5. The van der Waals surface area contributed by atoms with Crippen molar-refractivity contribution in [1.82, 2.24) is 0 Å². The summed E-state index contributed by atoms with van der Waals surface area (Å²) < 4.78 is 68.6. The molecule has 5 aromatic carbocycles. The van der Waals surface area contributed by atoms with Crippen molar-refractivity contribution in [2.24, 2.45) is 0 Å². The van der Waals surface area contributed by atoms with E-state index in [9.17, 15) is 34.2 Å². The van der Waals surface area contributed by atoms with Gasteiger partial charge in [0.15, 0.2) is 28.9 Å². The van der Waals surface area contributed by atoms with Gasteiger partial charge in [-0.2, -0.15) is 0 Å². The van der Waals surface area contributed by atoms with E-state index in [1.54, 1.807) is 163 Å². The van der Waals surface area contributed by atoms with E-state index in [1.807, 2.05) is 0 Å². The Kier molecular flexibility index (Phi) is 80.8. The van der Waals surface area contributed by atoms with E-state index in [-0.39, 0.29) is 176 Å². The molecule has 28 heteroatoms. The Hall–Kier alpha value is -7.27. The third-order valence-corrected chi connectivity index (χ3v) is 13.7. The summed E-state index contributed by atoms with van der Waals surface area (Å²) in [5.41, 5.74) is -3.25. The molecule has 0 aliphatic carbocycles. The van der Waals surface area contributed by atoms with E-state index in [4.69, 9.17) is 102 Å². The fraction of sp³-hybridized carbons (Fsp3) is 0.593. The number of aliphatic hydroxyl groups is 10. The molecule has 664 valence electrons. The van der Waals surface area contributed by atoms with Crippen LogP contribution < -0.4 is 23.7 Å². The van der Waals surface area contributed by atoms with Crippen LogP contribution >= 0.6 is 0 Å². The minimum atomic E-state index is -1.37. The lowest BCUT2D eigenvalue weighted by atomic mass is 9.96. The van der Waals surface area contributed by atoms with Crippen LogP contribution in [-0.2, 0) is 37.9 Å². The highest BCUT2D eigenvalue weighted by molar-refractivity contribution is 6.04. The van der Waals surface area contributed by atoms with Gasteiger partial charge in [0, 0.05) is 27.8 Å². The van der Waals surface area contributed by atoms with Crippen LogP contribution in [0.5, 0.6) is 28.7 Å². The predicted octanol–water partition coefficient (Wildman–Crippen LogP) is 11.6. The number of hydrogen-bond donors (Lipinski definition) is 10. The Bertz CT molecular complexity index is 2790. The number of Topliss-reactive ketones (excluding diaryl/α,β-unsaturated/α-hetero) is 5. The second-order valence-corrected chi connectivity index (χ2v) is 24.6. The summed E-state index contributed by atoms with van der Waals surface area (Å²) in [6, 6.07) is 33.5. The van der Waals surface area contributed by atoms with E-state index in [1.165, 1.54) is 27.7 Å². The summed E-state index contributed by atoms with van der Waals surface area (Å²) in [6.45, 7) is 21.1. The molecule has 0 saturated heterocycles. The molecule has 0 atom stereocenters. The van der Waals surface area contributed by atoms with Crippen molar-refractivity contribution in [2.75, 3.05) is 172 Å². The van der Waals surface area contributed by atoms with E-state index < -0.39 is 28.0 Å². The normalized spacial score (nSPS) is 10.4. The van der Waals surface area contributed by atoms with Gasteiger partial charge in [-0.05, 0) is 191 Å². The van der Waals surface area contributed by atoms with Crippen molar-refractivity contribution in [2.45, 2.75) is 172 Å². The van der Waals surface area contributed by atoms with Crippen molar-refractivity contribution >= 4 is 28.9 Å². The summed E-state index contributed by atoms with van der Waals surface area (Å²) in [7, 11) is 0. The maximum Gasteiger partial charge on any atom is 0.194 e. The molecule has 5 rings (SSSR count). The number of ketones is 5. The summed E-state index contributed by atoms with van der Waals surface area (Å²) in [6.07, 6.45) is 0. The maximum atomic E-state index is 12.3. The van der Waals surface area contributed by atoms with Crippen LogP contribution in [0.25, 0.3) is 0 Å². The molecular weight excluding hydrogens is 1480 g/mol. The smallest absolute Gasteiger partial charge is 0.194 e. The molecular formula is C86H152O28. The van der Waals surface area contributed by atoms with Crippen molar-refractivity contribution in [3.63, 3.8) is 0 Å². The van der Waals surface area contributed by atoms with Gasteiger partial charge in [-0.15, -0.1) is 0 Å². The van der Waals surface area contributed by atoms with Gasteiger partial charge >= 0.3 is 0 Å². The van der Waals surface area contributed by atoms with Crippen LogP contribution in [0, 0.1) is 0 Å². The van der Waals surface area contributed by atoms with Crippen LogP contribution in [-0.4, -0.2) is 280 Å². The van der Waals surface area contributed by atoms with Crippen molar-refractivity contribution < 1.29 is 137 Å². The summed E-state index contributed by atoms with van der Waals surface area (Å²) in [5.74, 6) is 2.04. The highest BCUT2D eigenvalue weighted by Gasteiger charge is 2.32. The number of aliphatic hydroxyl groups excluding tert-OH is 8.